The highest BCUT2D eigenvalue weighted by atomic mass is 35.5. The Morgan fingerprint density at radius 2 is 2.22 bits per heavy atom. The lowest BCUT2D eigenvalue weighted by molar-refractivity contribution is 0.0537. The van der Waals surface area contributed by atoms with E-state index < -0.39 is 0 Å². The SMILES string of the molecule is Cc1ncoc1C(=O)N1CCCCC1c1ncc(Cc2cccc(Cl)c2)o1. The van der Waals surface area contributed by atoms with Crippen molar-refractivity contribution in [3.05, 3.63) is 70.5 Å². The van der Waals surface area contributed by atoms with E-state index in [1.165, 1.54) is 6.39 Å². The third kappa shape index (κ3) is 3.76. The zero-order valence-electron chi connectivity index (χ0n) is 15.0. The number of likely N-dealkylation sites (tertiary alicyclic amines) is 1. The smallest absolute Gasteiger partial charge is 0.292 e. The van der Waals surface area contributed by atoms with Gasteiger partial charge in [-0.15, -0.1) is 0 Å². The number of hydrogen-bond acceptors (Lipinski definition) is 5. The fourth-order valence-corrected chi connectivity index (χ4v) is 3.69. The van der Waals surface area contributed by atoms with Crippen molar-refractivity contribution in [2.75, 3.05) is 6.54 Å². The van der Waals surface area contributed by atoms with Gasteiger partial charge in [-0.3, -0.25) is 4.79 Å². The van der Waals surface area contributed by atoms with Crippen LogP contribution in [0, 0.1) is 6.92 Å². The lowest BCUT2D eigenvalue weighted by Crippen LogP contribution is -2.38. The summed E-state index contributed by atoms with van der Waals surface area (Å²) in [6.07, 6.45) is 6.43. The van der Waals surface area contributed by atoms with E-state index in [1.807, 2.05) is 24.3 Å². The maximum atomic E-state index is 12.9. The van der Waals surface area contributed by atoms with Crippen molar-refractivity contribution in [2.24, 2.45) is 0 Å². The molecule has 2 aromatic heterocycles. The van der Waals surface area contributed by atoms with Gasteiger partial charge < -0.3 is 13.7 Å². The number of carbonyl (C=O) groups excluding carboxylic acids is 1. The van der Waals surface area contributed by atoms with Gasteiger partial charge in [0.15, 0.2) is 6.39 Å². The summed E-state index contributed by atoms with van der Waals surface area (Å²) in [6, 6.07) is 7.47. The second-order valence-corrected chi connectivity index (χ2v) is 7.18. The summed E-state index contributed by atoms with van der Waals surface area (Å²) >= 11 is 6.05. The fraction of sp³-hybridized carbons (Fsp3) is 0.350. The monoisotopic (exact) mass is 385 g/mol. The quantitative estimate of drug-likeness (QED) is 0.657. The minimum absolute atomic E-state index is 0.163. The largest absolute Gasteiger partial charge is 0.443 e. The van der Waals surface area contributed by atoms with Crippen LogP contribution in [0.15, 0.2) is 45.7 Å². The number of rotatable bonds is 4. The number of aryl methyl sites for hydroxylation is 1. The van der Waals surface area contributed by atoms with Crippen molar-refractivity contribution in [3.63, 3.8) is 0 Å². The van der Waals surface area contributed by atoms with E-state index in [2.05, 4.69) is 9.97 Å². The van der Waals surface area contributed by atoms with Crippen LogP contribution in [0.3, 0.4) is 0 Å². The van der Waals surface area contributed by atoms with Crippen LogP contribution in [0.5, 0.6) is 0 Å². The highest BCUT2D eigenvalue weighted by Gasteiger charge is 2.34. The van der Waals surface area contributed by atoms with E-state index in [0.29, 0.717) is 29.6 Å². The average molecular weight is 386 g/mol. The molecule has 1 saturated heterocycles. The van der Waals surface area contributed by atoms with Crippen LogP contribution < -0.4 is 0 Å². The molecule has 1 aliphatic rings. The number of oxazole rings is 2. The first-order valence-corrected chi connectivity index (χ1v) is 9.39. The highest BCUT2D eigenvalue weighted by Crippen LogP contribution is 2.32. The van der Waals surface area contributed by atoms with Crippen molar-refractivity contribution < 1.29 is 13.6 Å². The second-order valence-electron chi connectivity index (χ2n) is 6.75. The van der Waals surface area contributed by atoms with Crippen molar-refractivity contribution in [3.8, 4) is 0 Å². The number of benzene rings is 1. The van der Waals surface area contributed by atoms with E-state index in [4.69, 9.17) is 20.4 Å². The molecule has 140 valence electrons. The Kier molecular flexibility index (Phi) is 4.99. The number of piperidine rings is 1. The van der Waals surface area contributed by atoms with Gasteiger partial charge in [0.2, 0.25) is 11.7 Å². The van der Waals surface area contributed by atoms with Gasteiger partial charge in [0.05, 0.1) is 11.9 Å². The van der Waals surface area contributed by atoms with Gasteiger partial charge in [-0.05, 0) is 43.9 Å². The van der Waals surface area contributed by atoms with Crippen LogP contribution in [-0.4, -0.2) is 27.3 Å². The van der Waals surface area contributed by atoms with E-state index in [-0.39, 0.29) is 17.7 Å². The van der Waals surface area contributed by atoms with Crippen molar-refractivity contribution in [1.82, 2.24) is 14.9 Å². The number of hydrogen-bond donors (Lipinski definition) is 0. The zero-order valence-corrected chi connectivity index (χ0v) is 15.8. The molecule has 3 heterocycles. The minimum Gasteiger partial charge on any atom is -0.443 e. The molecule has 3 aromatic rings. The van der Waals surface area contributed by atoms with E-state index in [0.717, 1.165) is 30.6 Å². The van der Waals surface area contributed by atoms with Gasteiger partial charge in [-0.25, -0.2) is 9.97 Å². The third-order valence-electron chi connectivity index (χ3n) is 4.83. The molecule has 1 amide bonds. The maximum absolute atomic E-state index is 12.9. The van der Waals surface area contributed by atoms with Crippen LogP contribution >= 0.6 is 11.6 Å². The topological polar surface area (TPSA) is 72.4 Å². The molecular formula is C20H20ClN3O3. The van der Waals surface area contributed by atoms with Crippen molar-refractivity contribution >= 4 is 17.5 Å². The molecule has 1 fully saturated rings. The van der Waals surface area contributed by atoms with E-state index in [9.17, 15) is 4.79 Å². The number of carbonyl (C=O) groups is 1. The van der Waals surface area contributed by atoms with Crippen LogP contribution in [-0.2, 0) is 6.42 Å². The Labute approximate surface area is 162 Å². The van der Waals surface area contributed by atoms with E-state index in [1.54, 1.807) is 18.0 Å². The molecule has 0 aliphatic carbocycles. The standard InChI is InChI=1S/C20H20ClN3O3/c1-13-18(26-12-23-13)20(25)24-8-3-2-7-17(24)19-22-11-16(27-19)10-14-5-4-6-15(21)9-14/h4-6,9,11-12,17H,2-3,7-8,10H2,1H3. The first kappa shape index (κ1) is 17.8. The molecule has 1 atom stereocenters. The van der Waals surface area contributed by atoms with Crippen LogP contribution in [0.1, 0.15) is 58.8 Å². The first-order valence-electron chi connectivity index (χ1n) is 9.02. The van der Waals surface area contributed by atoms with Gasteiger partial charge in [-0.2, -0.15) is 0 Å². The second kappa shape index (κ2) is 7.56. The van der Waals surface area contributed by atoms with Crippen LogP contribution in [0.2, 0.25) is 5.02 Å². The summed E-state index contributed by atoms with van der Waals surface area (Å²) in [5.41, 5.74) is 1.65. The number of aromatic nitrogens is 2. The molecule has 0 saturated carbocycles. The predicted molar refractivity (Wildman–Crippen MR) is 99.6 cm³/mol. The predicted octanol–water partition coefficient (Wildman–Crippen LogP) is 4.58. The molecule has 0 bridgehead atoms. The minimum atomic E-state index is -0.191. The molecule has 0 N–H and O–H groups in total. The van der Waals surface area contributed by atoms with Crippen LogP contribution in [0.4, 0.5) is 0 Å². The summed E-state index contributed by atoms with van der Waals surface area (Å²) < 4.78 is 11.3. The Morgan fingerprint density at radius 3 is 3.00 bits per heavy atom. The lowest BCUT2D eigenvalue weighted by atomic mass is 10.0. The molecule has 1 aliphatic heterocycles. The lowest BCUT2D eigenvalue weighted by Gasteiger charge is -2.33. The fourth-order valence-electron chi connectivity index (χ4n) is 3.48. The molecule has 27 heavy (non-hydrogen) atoms. The molecule has 4 rings (SSSR count). The Bertz CT molecular complexity index is 949. The summed E-state index contributed by atoms with van der Waals surface area (Å²) in [4.78, 5) is 23.2. The third-order valence-corrected chi connectivity index (χ3v) is 5.06. The molecule has 1 unspecified atom stereocenters. The molecule has 1 aromatic carbocycles. The normalized spacial score (nSPS) is 17.3. The van der Waals surface area contributed by atoms with Gasteiger partial charge in [0.25, 0.3) is 5.91 Å². The van der Waals surface area contributed by atoms with Crippen LogP contribution in [0.25, 0.3) is 0 Å². The summed E-state index contributed by atoms with van der Waals surface area (Å²) in [5, 5.41) is 0.693. The Morgan fingerprint density at radius 1 is 1.33 bits per heavy atom. The van der Waals surface area contributed by atoms with E-state index >= 15 is 0 Å². The Balaban J connectivity index is 1.55. The van der Waals surface area contributed by atoms with Gasteiger partial charge in [0.1, 0.15) is 11.8 Å². The zero-order chi connectivity index (χ0) is 18.8. The summed E-state index contributed by atoms with van der Waals surface area (Å²) in [5.74, 6) is 1.44. The van der Waals surface area contributed by atoms with Gasteiger partial charge in [0, 0.05) is 18.0 Å². The average Bonchev–Trinajstić information content (AvgIpc) is 3.30. The van der Waals surface area contributed by atoms with Gasteiger partial charge in [-0.1, -0.05) is 23.7 Å². The first-order chi connectivity index (χ1) is 13.1. The number of nitrogens with zero attached hydrogens (tertiary/aromatic N) is 3. The van der Waals surface area contributed by atoms with Gasteiger partial charge >= 0.3 is 0 Å². The summed E-state index contributed by atoms with van der Waals surface area (Å²) in [6.45, 7) is 2.42. The molecule has 0 radical (unpaired) electrons. The molecule has 7 heteroatoms. The molecule has 0 spiro atoms. The molecule has 6 nitrogen and oxygen atoms in total. The molecular weight excluding hydrogens is 366 g/mol. The summed E-state index contributed by atoms with van der Waals surface area (Å²) in [7, 11) is 0. The number of halogens is 1. The van der Waals surface area contributed by atoms with Crippen molar-refractivity contribution in [1.29, 1.82) is 0 Å². The van der Waals surface area contributed by atoms with Crippen molar-refractivity contribution in [2.45, 2.75) is 38.6 Å². The highest BCUT2D eigenvalue weighted by molar-refractivity contribution is 6.30. The Hall–Kier alpha value is -2.60. The maximum Gasteiger partial charge on any atom is 0.292 e. The number of amides is 1.